The molecule has 0 spiro atoms. The SMILES string of the molecule is CCCCCCCC(=O)OC[C@H]1O[C@@H](c2ccc(Cl)c(Cc3ccc(OCC)cc3)c2)[C@H](O)[C@@H](OC(=O)CCCCCCC)[C@@H]1O. The molecule has 2 N–H and O–H groups in total. The Hall–Kier alpha value is -2.65. The fraction of sp³-hybridized carbons (Fsp3) is 0.622. The van der Waals surface area contributed by atoms with E-state index >= 15 is 0 Å². The topological polar surface area (TPSA) is 112 Å². The average molecular weight is 661 g/mol. The van der Waals surface area contributed by atoms with Crippen LogP contribution in [0.1, 0.15) is 121 Å². The van der Waals surface area contributed by atoms with Crippen LogP contribution in [-0.4, -0.2) is 59.8 Å². The predicted octanol–water partition coefficient (Wildman–Crippen LogP) is 7.67. The molecular formula is C37H53ClO8. The van der Waals surface area contributed by atoms with E-state index in [2.05, 4.69) is 13.8 Å². The monoisotopic (exact) mass is 660 g/mol. The van der Waals surface area contributed by atoms with Crippen LogP contribution in [0.4, 0.5) is 0 Å². The van der Waals surface area contributed by atoms with Gasteiger partial charge in [0.2, 0.25) is 0 Å². The van der Waals surface area contributed by atoms with Gasteiger partial charge in [-0.1, -0.05) is 101 Å². The molecule has 0 bridgehead atoms. The first-order chi connectivity index (χ1) is 22.3. The summed E-state index contributed by atoms with van der Waals surface area (Å²) in [5.41, 5.74) is 2.45. The number of benzene rings is 2. The second-order valence-corrected chi connectivity index (χ2v) is 12.6. The summed E-state index contributed by atoms with van der Waals surface area (Å²) < 4.78 is 23.0. The van der Waals surface area contributed by atoms with Crippen molar-refractivity contribution in [2.24, 2.45) is 0 Å². The fourth-order valence-corrected chi connectivity index (χ4v) is 5.87. The van der Waals surface area contributed by atoms with Gasteiger partial charge in [0.15, 0.2) is 6.10 Å². The molecule has 0 aliphatic carbocycles. The van der Waals surface area contributed by atoms with E-state index in [1.165, 1.54) is 0 Å². The molecule has 1 aliphatic rings. The molecule has 9 heteroatoms. The lowest BCUT2D eigenvalue weighted by atomic mass is 9.89. The largest absolute Gasteiger partial charge is 0.494 e. The van der Waals surface area contributed by atoms with Crippen molar-refractivity contribution >= 4 is 23.5 Å². The van der Waals surface area contributed by atoms with Gasteiger partial charge in [-0.2, -0.15) is 0 Å². The lowest BCUT2D eigenvalue weighted by molar-refractivity contribution is -0.243. The standard InChI is InChI=1S/C37H53ClO8/c1-4-7-9-11-13-15-32(39)44-25-31-34(41)37(46-33(40)16-14-12-10-8-5-2)35(42)36(45-31)27-19-22-30(38)28(24-27)23-26-17-20-29(21-18-26)43-6-3/h17-22,24,31,34-37,41-42H,4-16,23,25H2,1-3H3/t31-,34-,35+,36+,37+/m1/s1. The van der Waals surface area contributed by atoms with Gasteiger partial charge < -0.3 is 29.2 Å². The molecule has 1 heterocycles. The van der Waals surface area contributed by atoms with Crippen molar-refractivity contribution in [3.63, 3.8) is 0 Å². The highest BCUT2D eigenvalue weighted by molar-refractivity contribution is 6.31. The first-order valence-corrected chi connectivity index (χ1v) is 17.5. The summed E-state index contributed by atoms with van der Waals surface area (Å²) in [6.07, 6.45) is 4.85. The number of unbranched alkanes of at least 4 members (excludes halogenated alkanes) is 8. The Morgan fingerprint density at radius 3 is 2.07 bits per heavy atom. The summed E-state index contributed by atoms with van der Waals surface area (Å²) in [5, 5.41) is 23.2. The number of carbonyl (C=O) groups is 2. The molecule has 2 aromatic rings. The van der Waals surface area contributed by atoms with Crippen LogP contribution in [0.15, 0.2) is 42.5 Å². The third-order valence-electron chi connectivity index (χ3n) is 8.36. The summed E-state index contributed by atoms with van der Waals surface area (Å²) in [5.74, 6) is -0.0803. The smallest absolute Gasteiger partial charge is 0.306 e. The van der Waals surface area contributed by atoms with E-state index in [9.17, 15) is 19.8 Å². The molecule has 8 nitrogen and oxygen atoms in total. The van der Waals surface area contributed by atoms with Crippen LogP contribution >= 0.6 is 11.6 Å². The van der Waals surface area contributed by atoms with Crippen LogP contribution in [0.3, 0.4) is 0 Å². The lowest BCUT2D eigenvalue weighted by Crippen LogP contribution is -2.57. The van der Waals surface area contributed by atoms with E-state index < -0.39 is 36.5 Å². The van der Waals surface area contributed by atoms with Crippen LogP contribution in [0.2, 0.25) is 5.02 Å². The normalized spacial score (nSPS) is 21.1. The van der Waals surface area contributed by atoms with E-state index in [4.69, 9.17) is 30.5 Å². The quantitative estimate of drug-likeness (QED) is 0.110. The molecule has 0 saturated carbocycles. The molecule has 0 unspecified atom stereocenters. The number of ether oxygens (including phenoxy) is 4. The van der Waals surface area contributed by atoms with Crippen LogP contribution in [-0.2, 0) is 30.2 Å². The van der Waals surface area contributed by atoms with Gasteiger partial charge in [-0.25, -0.2) is 0 Å². The van der Waals surface area contributed by atoms with Crippen LogP contribution < -0.4 is 4.74 Å². The number of aliphatic hydroxyl groups is 2. The van der Waals surface area contributed by atoms with Crippen molar-refractivity contribution in [1.82, 2.24) is 0 Å². The van der Waals surface area contributed by atoms with Crippen molar-refractivity contribution < 1.29 is 38.7 Å². The molecule has 1 saturated heterocycles. The van der Waals surface area contributed by atoms with Crippen LogP contribution in [0.25, 0.3) is 0 Å². The van der Waals surface area contributed by atoms with Crippen molar-refractivity contribution in [3.8, 4) is 5.75 Å². The van der Waals surface area contributed by atoms with E-state index in [0.717, 1.165) is 74.7 Å². The van der Waals surface area contributed by atoms with Gasteiger partial charge in [0.05, 0.1) is 6.61 Å². The summed E-state index contributed by atoms with van der Waals surface area (Å²) in [6, 6.07) is 13.1. The second kappa shape index (κ2) is 20.6. The highest BCUT2D eigenvalue weighted by Crippen LogP contribution is 2.36. The first-order valence-electron chi connectivity index (χ1n) is 17.1. The number of aliphatic hydroxyl groups excluding tert-OH is 2. The third-order valence-corrected chi connectivity index (χ3v) is 8.73. The zero-order valence-electron chi connectivity index (χ0n) is 27.8. The molecule has 1 fully saturated rings. The third kappa shape index (κ3) is 12.2. The Morgan fingerprint density at radius 1 is 0.804 bits per heavy atom. The van der Waals surface area contributed by atoms with Gasteiger partial charge in [-0.15, -0.1) is 0 Å². The minimum Gasteiger partial charge on any atom is -0.494 e. The fourth-order valence-electron chi connectivity index (χ4n) is 5.69. The molecule has 46 heavy (non-hydrogen) atoms. The Balaban J connectivity index is 1.75. The van der Waals surface area contributed by atoms with E-state index in [1.54, 1.807) is 12.1 Å². The number of rotatable bonds is 20. The molecular weight excluding hydrogens is 608 g/mol. The number of hydrogen-bond acceptors (Lipinski definition) is 8. The highest BCUT2D eigenvalue weighted by Gasteiger charge is 2.47. The average Bonchev–Trinajstić information content (AvgIpc) is 3.04. The van der Waals surface area contributed by atoms with Gasteiger partial charge >= 0.3 is 11.9 Å². The maximum atomic E-state index is 12.8. The molecule has 0 aromatic heterocycles. The zero-order chi connectivity index (χ0) is 33.3. The van der Waals surface area contributed by atoms with Gasteiger partial charge in [0.1, 0.15) is 36.8 Å². The van der Waals surface area contributed by atoms with Crippen molar-refractivity contribution in [2.45, 2.75) is 135 Å². The molecule has 0 amide bonds. The van der Waals surface area contributed by atoms with Crippen molar-refractivity contribution in [2.75, 3.05) is 13.2 Å². The Bertz CT molecular complexity index is 1190. The maximum absolute atomic E-state index is 12.8. The van der Waals surface area contributed by atoms with Gasteiger partial charge in [-0.05, 0) is 61.1 Å². The lowest BCUT2D eigenvalue weighted by Gasteiger charge is -2.42. The van der Waals surface area contributed by atoms with E-state index in [-0.39, 0.29) is 25.4 Å². The number of esters is 2. The summed E-state index contributed by atoms with van der Waals surface area (Å²) in [7, 11) is 0. The first kappa shape index (κ1) is 37.8. The van der Waals surface area contributed by atoms with Gasteiger partial charge in [0, 0.05) is 17.9 Å². The Labute approximate surface area is 279 Å². The van der Waals surface area contributed by atoms with Crippen LogP contribution in [0, 0.1) is 0 Å². The number of hydrogen-bond donors (Lipinski definition) is 2. The molecule has 5 atom stereocenters. The van der Waals surface area contributed by atoms with Crippen molar-refractivity contribution in [3.05, 3.63) is 64.2 Å². The predicted molar refractivity (Wildman–Crippen MR) is 179 cm³/mol. The van der Waals surface area contributed by atoms with Gasteiger partial charge in [-0.3, -0.25) is 9.59 Å². The Morgan fingerprint density at radius 2 is 1.43 bits per heavy atom. The molecule has 0 radical (unpaired) electrons. The number of carbonyl (C=O) groups excluding carboxylic acids is 2. The second-order valence-electron chi connectivity index (χ2n) is 12.1. The Kier molecular flexibility index (Phi) is 16.9. The highest BCUT2D eigenvalue weighted by atomic mass is 35.5. The molecule has 2 aromatic carbocycles. The summed E-state index contributed by atoms with van der Waals surface area (Å²) in [4.78, 5) is 25.3. The zero-order valence-corrected chi connectivity index (χ0v) is 28.5. The molecule has 1 aliphatic heterocycles. The van der Waals surface area contributed by atoms with E-state index in [1.807, 2.05) is 37.3 Å². The summed E-state index contributed by atoms with van der Waals surface area (Å²) >= 11 is 6.59. The minimum absolute atomic E-state index is 0.191. The van der Waals surface area contributed by atoms with Crippen molar-refractivity contribution in [1.29, 1.82) is 0 Å². The van der Waals surface area contributed by atoms with E-state index in [0.29, 0.717) is 30.0 Å². The van der Waals surface area contributed by atoms with Crippen LogP contribution in [0.5, 0.6) is 5.75 Å². The van der Waals surface area contributed by atoms with Gasteiger partial charge in [0.25, 0.3) is 0 Å². The molecule has 256 valence electrons. The molecule has 3 rings (SSSR count). The summed E-state index contributed by atoms with van der Waals surface area (Å²) in [6.45, 7) is 6.56. The maximum Gasteiger partial charge on any atom is 0.306 e. The number of halogens is 1. The minimum atomic E-state index is -1.39.